The Kier molecular flexibility index (Phi) is 12.7. The summed E-state index contributed by atoms with van der Waals surface area (Å²) in [6.07, 6.45) is 2.03. The molecule has 0 atom stereocenters. The van der Waals surface area contributed by atoms with E-state index in [1.165, 1.54) is 0 Å². The number of hydrogen-bond acceptors (Lipinski definition) is 9. The van der Waals surface area contributed by atoms with Gasteiger partial charge in [-0.3, -0.25) is 4.72 Å². The summed E-state index contributed by atoms with van der Waals surface area (Å²) in [5.41, 5.74) is 13.7. The van der Waals surface area contributed by atoms with Crippen molar-refractivity contribution < 1.29 is 26.3 Å². The van der Waals surface area contributed by atoms with Gasteiger partial charge in [0.15, 0.2) is 0 Å². The number of nitrogens with two attached hydrogens (primary N) is 1. The van der Waals surface area contributed by atoms with Crippen LogP contribution in [-0.4, -0.2) is 52.7 Å². The van der Waals surface area contributed by atoms with Crippen LogP contribution in [-0.2, 0) is 32.2 Å². The number of nitrogens with one attached hydrogen (secondary N) is 1. The minimum absolute atomic E-state index is 0.482. The van der Waals surface area contributed by atoms with E-state index in [1.54, 1.807) is 26.4 Å². The number of halogens is 1. The normalized spacial score (nSPS) is 11.0. The van der Waals surface area contributed by atoms with Crippen molar-refractivity contribution in [1.82, 2.24) is 9.13 Å². The molecule has 0 aliphatic carbocycles. The molecule has 0 unspecified atom stereocenters. The van der Waals surface area contributed by atoms with Crippen molar-refractivity contribution in [3.63, 3.8) is 0 Å². The van der Waals surface area contributed by atoms with Crippen molar-refractivity contribution in [2.24, 2.45) is 0 Å². The third kappa shape index (κ3) is 9.61. The third-order valence-electron chi connectivity index (χ3n) is 8.05. The Morgan fingerprint density at radius 3 is 1.40 bits per heavy atom. The molecular weight excluding hydrogens is 736 g/mol. The van der Waals surface area contributed by atoms with E-state index in [-0.39, 0.29) is 0 Å². The second-order valence-corrected chi connectivity index (χ2v) is 16.5. The van der Waals surface area contributed by atoms with Crippen LogP contribution >= 0.6 is 10.7 Å². The first-order valence-corrected chi connectivity index (χ1v) is 20.7. The fourth-order valence-corrected chi connectivity index (χ4v) is 6.51. The monoisotopic (exact) mass is 774 g/mol. The van der Waals surface area contributed by atoms with Gasteiger partial charge in [-0.1, -0.05) is 24.3 Å². The predicted octanol–water partition coefficient (Wildman–Crippen LogP) is 7.56. The standard InChI is InChI=1S/C19H19N3O3S.C18H17N3O.CH3ClO2S/c1-4-22-18-11-15(25-2)9-10-16(18)17(12-20)19(22)13-5-7-14(8-6-13)21-26(3,23)24;1-3-21-17-10-14(22-2)8-9-15(17)16(11-19)18(21)12-4-6-13(20)7-5-12;1-5(2,3)4/h5-11,21H,4H2,1-3H3;4-10H,3,20H2,1-2H3;1H3. The van der Waals surface area contributed by atoms with Crippen LogP contribution in [0.5, 0.6) is 11.5 Å². The maximum absolute atomic E-state index is 11.4. The molecule has 0 radical (unpaired) electrons. The minimum Gasteiger partial charge on any atom is -0.497 e. The van der Waals surface area contributed by atoms with Crippen LogP contribution in [0.4, 0.5) is 11.4 Å². The molecule has 0 bridgehead atoms. The summed E-state index contributed by atoms with van der Waals surface area (Å²) in [7, 11) is 1.23. The number of anilines is 2. The largest absolute Gasteiger partial charge is 0.497 e. The zero-order valence-corrected chi connectivity index (χ0v) is 32.4. The van der Waals surface area contributed by atoms with Gasteiger partial charge in [-0.15, -0.1) is 0 Å². The molecule has 53 heavy (non-hydrogen) atoms. The second-order valence-electron chi connectivity index (χ2n) is 11.7. The van der Waals surface area contributed by atoms with Crippen LogP contribution < -0.4 is 19.9 Å². The van der Waals surface area contributed by atoms with E-state index in [0.29, 0.717) is 29.0 Å². The van der Waals surface area contributed by atoms with Gasteiger partial charge in [0, 0.05) is 58.1 Å². The van der Waals surface area contributed by atoms with Crippen molar-refractivity contribution in [3.05, 3.63) is 96.1 Å². The van der Waals surface area contributed by atoms with E-state index in [4.69, 9.17) is 15.2 Å². The Labute approximate surface area is 314 Å². The fourth-order valence-electron chi connectivity index (χ4n) is 5.95. The molecule has 4 aromatic carbocycles. The van der Waals surface area contributed by atoms with Gasteiger partial charge in [-0.25, -0.2) is 16.8 Å². The lowest BCUT2D eigenvalue weighted by atomic mass is 10.1. The molecule has 6 aromatic rings. The highest BCUT2D eigenvalue weighted by atomic mass is 35.7. The Bertz CT molecular complexity index is 2560. The van der Waals surface area contributed by atoms with Gasteiger partial charge < -0.3 is 24.3 Å². The van der Waals surface area contributed by atoms with Crippen molar-refractivity contribution >= 4 is 62.9 Å². The Balaban J connectivity index is 0.000000212. The van der Waals surface area contributed by atoms with Gasteiger partial charge in [0.1, 0.15) is 23.6 Å². The first-order valence-electron chi connectivity index (χ1n) is 16.1. The number of rotatable bonds is 8. The molecule has 3 N–H and O–H groups in total. The van der Waals surface area contributed by atoms with Gasteiger partial charge >= 0.3 is 0 Å². The summed E-state index contributed by atoms with van der Waals surface area (Å²) in [6, 6.07) is 30.7. The van der Waals surface area contributed by atoms with Crippen LogP contribution in [0.3, 0.4) is 0 Å². The number of aryl methyl sites for hydroxylation is 2. The summed E-state index contributed by atoms with van der Waals surface area (Å²) < 4.78 is 58.8. The highest BCUT2D eigenvalue weighted by Gasteiger charge is 2.20. The highest BCUT2D eigenvalue weighted by Crippen LogP contribution is 2.37. The van der Waals surface area contributed by atoms with Gasteiger partial charge in [0.05, 0.1) is 60.3 Å². The van der Waals surface area contributed by atoms with E-state index in [1.807, 2.05) is 79.7 Å². The average molecular weight is 775 g/mol. The lowest BCUT2D eigenvalue weighted by Crippen LogP contribution is -2.09. The Morgan fingerprint density at radius 1 is 0.698 bits per heavy atom. The summed E-state index contributed by atoms with van der Waals surface area (Å²) in [5.74, 6) is 1.52. The average Bonchev–Trinajstić information content (AvgIpc) is 3.61. The van der Waals surface area contributed by atoms with Gasteiger partial charge in [0.2, 0.25) is 19.1 Å². The van der Waals surface area contributed by atoms with Crippen LogP contribution in [0, 0.1) is 22.7 Å². The number of benzene rings is 4. The topological polar surface area (TPSA) is 182 Å². The van der Waals surface area contributed by atoms with Gasteiger partial charge in [-0.2, -0.15) is 10.5 Å². The van der Waals surface area contributed by atoms with Crippen molar-refractivity contribution in [2.45, 2.75) is 26.9 Å². The molecule has 0 amide bonds. The molecule has 12 nitrogen and oxygen atoms in total. The van der Waals surface area contributed by atoms with Gasteiger partial charge in [-0.05, 0) is 73.5 Å². The van der Waals surface area contributed by atoms with Gasteiger partial charge in [0.25, 0.3) is 0 Å². The molecule has 6 rings (SSSR count). The molecule has 2 aromatic heterocycles. The molecule has 0 fully saturated rings. The predicted molar refractivity (Wildman–Crippen MR) is 212 cm³/mol. The molecule has 0 aliphatic rings. The summed E-state index contributed by atoms with van der Waals surface area (Å²) in [5, 5.41) is 21.2. The number of ether oxygens (including phenoxy) is 2. The van der Waals surface area contributed by atoms with E-state index < -0.39 is 19.1 Å². The quantitative estimate of drug-likeness (QED) is 0.116. The zero-order chi connectivity index (χ0) is 39.1. The number of aromatic nitrogens is 2. The number of nitriles is 2. The smallest absolute Gasteiger partial charge is 0.229 e. The zero-order valence-electron chi connectivity index (χ0n) is 30.0. The number of nitrogen functional groups attached to an aromatic ring is 1. The molecule has 2 heterocycles. The molecule has 0 saturated carbocycles. The first kappa shape index (κ1) is 40.1. The number of hydrogen-bond donors (Lipinski definition) is 2. The third-order valence-corrected chi connectivity index (χ3v) is 8.65. The minimum atomic E-state index is -3.33. The van der Waals surface area contributed by atoms with Crippen LogP contribution in [0.2, 0.25) is 0 Å². The molecular formula is C38H39ClN6O6S2. The summed E-state index contributed by atoms with van der Waals surface area (Å²) >= 11 is 0. The number of nitrogens with zero attached hydrogens (tertiary/aromatic N) is 4. The lowest BCUT2D eigenvalue weighted by molar-refractivity contribution is 0.415. The van der Waals surface area contributed by atoms with Crippen LogP contribution in [0.15, 0.2) is 84.9 Å². The highest BCUT2D eigenvalue weighted by molar-refractivity contribution is 8.13. The number of sulfonamides is 1. The summed E-state index contributed by atoms with van der Waals surface area (Å²) in [4.78, 5) is 0. The van der Waals surface area contributed by atoms with Crippen molar-refractivity contribution in [1.29, 1.82) is 10.5 Å². The SMILES string of the molecule is CCn1c(-c2ccc(N)cc2)c(C#N)c2ccc(OC)cc21.CCn1c(-c2ccc(NS(C)(=O)=O)cc2)c(C#N)c2ccc(OC)cc21.CS(=O)(=O)Cl. The molecule has 15 heteroatoms. The molecule has 0 spiro atoms. The molecule has 0 aliphatic heterocycles. The first-order chi connectivity index (χ1) is 25.1. The van der Waals surface area contributed by atoms with Crippen LogP contribution in [0.1, 0.15) is 25.0 Å². The number of fused-ring (bicyclic) bond motifs is 2. The van der Waals surface area contributed by atoms with E-state index >= 15 is 0 Å². The van der Waals surface area contributed by atoms with E-state index in [9.17, 15) is 27.4 Å². The molecule has 0 saturated heterocycles. The lowest BCUT2D eigenvalue weighted by Gasteiger charge is -2.10. The maximum atomic E-state index is 11.4. The van der Waals surface area contributed by atoms with E-state index in [2.05, 4.69) is 43.6 Å². The molecule has 276 valence electrons. The van der Waals surface area contributed by atoms with Crippen molar-refractivity contribution in [2.75, 3.05) is 37.2 Å². The summed E-state index contributed by atoms with van der Waals surface area (Å²) in [6.45, 7) is 5.54. The Morgan fingerprint density at radius 2 is 1.08 bits per heavy atom. The maximum Gasteiger partial charge on any atom is 0.229 e. The second kappa shape index (κ2) is 16.8. The van der Waals surface area contributed by atoms with Crippen LogP contribution in [0.25, 0.3) is 44.3 Å². The fraction of sp³-hybridized carbons (Fsp3) is 0.211. The van der Waals surface area contributed by atoms with Crippen molar-refractivity contribution in [3.8, 4) is 46.2 Å². The van der Waals surface area contributed by atoms with E-state index in [0.717, 1.165) is 74.9 Å². The Hall–Kier alpha value is -5.67. The number of methoxy groups -OCH3 is 2.